The normalized spacial score (nSPS) is 13.2. The molecule has 0 unspecified atom stereocenters. The van der Waals surface area contributed by atoms with Crippen LogP contribution in [-0.2, 0) is 13.1 Å². The van der Waals surface area contributed by atoms with Gasteiger partial charge >= 0.3 is 0 Å². The van der Waals surface area contributed by atoms with Crippen molar-refractivity contribution in [3.63, 3.8) is 0 Å². The number of rotatable bonds is 9. The summed E-state index contributed by atoms with van der Waals surface area (Å²) in [7, 11) is 0. The Kier molecular flexibility index (Phi) is 6.53. The van der Waals surface area contributed by atoms with Crippen molar-refractivity contribution in [3.05, 3.63) is 71.7 Å². The molecule has 0 saturated heterocycles. The van der Waals surface area contributed by atoms with Crippen molar-refractivity contribution in [2.75, 3.05) is 22.9 Å². The van der Waals surface area contributed by atoms with Gasteiger partial charge in [0.1, 0.15) is 23.2 Å². The number of nitrogens with zero attached hydrogens (tertiary/aromatic N) is 5. The molecule has 32 heavy (non-hydrogen) atoms. The van der Waals surface area contributed by atoms with E-state index >= 15 is 0 Å². The first-order valence-electron chi connectivity index (χ1n) is 11.3. The third kappa shape index (κ3) is 4.98. The van der Waals surface area contributed by atoms with Crippen LogP contribution in [0.15, 0.2) is 48.7 Å². The minimum atomic E-state index is -0.340. The standard InChI is InChI=1S/C25H30FN5O/c1-4-29(5-2)24-8-6-7-21(28-24)16-31(22-13-11-20(26)12-14-22)25(32)23-17-30(18(3)27-23)15-19-9-10-19/h6-8,11-14,17,19H,4-5,9-10,15-16H2,1-3H3. The fraction of sp³-hybridized carbons (Fsp3) is 0.400. The number of carbonyl (C=O) groups is 1. The lowest BCUT2D eigenvalue weighted by atomic mass is 10.2. The Labute approximate surface area is 188 Å². The molecule has 0 radical (unpaired) electrons. The van der Waals surface area contributed by atoms with Gasteiger partial charge in [-0.15, -0.1) is 0 Å². The largest absolute Gasteiger partial charge is 0.357 e. The molecule has 0 atom stereocenters. The molecule has 1 fully saturated rings. The summed E-state index contributed by atoms with van der Waals surface area (Å²) in [4.78, 5) is 26.7. The highest BCUT2D eigenvalue weighted by Crippen LogP contribution is 2.31. The molecule has 1 saturated carbocycles. The molecule has 1 aliphatic rings. The number of imidazole rings is 1. The van der Waals surface area contributed by atoms with Crippen LogP contribution in [0.25, 0.3) is 0 Å². The third-order valence-electron chi connectivity index (χ3n) is 5.93. The first kappa shape index (κ1) is 22.0. The summed E-state index contributed by atoms with van der Waals surface area (Å²) in [6.45, 7) is 8.98. The zero-order chi connectivity index (χ0) is 22.7. The summed E-state index contributed by atoms with van der Waals surface area (Å²) < 4.78 is 15.6. The van der Waals surface area contributed by atoms with Crippen LogP contribution in [0.5, 0.6) is 0 Å². The van der Waals surface area contributed by atoms with Gasteiger partial charge in [-0.2, -0.15) is 0 Å². The highest BCUT2D eigenvalue weighted by molar-refractivity contribution is 6.04. The third-order valence-corrected chi connectivity index (χ3v) is 5.93. The highest BCUT2D eigenvalue weighted by atomic mass is 19.1. The lowest BCUT2D eigenvalue weighted by Gasteiger charge is -2.24. The van der Waals surface area contributed by atoms with Crippen LogP contribution in [0.3, 0.4) is 0 Å². The molecular formula is C25H30FN5O. The van der Waals surface area contributed by atoms with Crippen molar-refractivity contribution >= 4 is 17.4 Å². The second-order valence-corrected chi connectivity index (χ2v) is 8.30. The molecule has 1 amide bonds. The Morgan fingerprint density at radius 2 is 1.81 bits per heavy atom. The molecule has 168 valence electrons. The lowest BCUT2D eigenvalue weighted by Crippen LogP contribution is -2.31. The average molecular weight is 436 g/mol. The predicted molar refractivity (Wildman–Crippen MR) is 124 cm³/mol. The van der Waals surface area contributed by atoms with Gasteiger partial charge in [0, 0.05) is 31.5 Å². The van der Waals surface area contributed by atoms with Gasteiger partial charge in [-0.05, 0) is 75.9 Å². The van der Waals surface area contributed by atoms with E-state index in [4.69, 9.17) is 4.98 Å². The molecule has 6 nitrogen and oxygen atoms in total. The molecule has 3 aromatic rings. The predicted octanol–water partition coefficient (Wildman–Crippen LogP) is 4.83. The SMILES string of the molecule is CCN(CC)c1cccc(CN(C(=O)c2cn(CC3CC3)c(C)n2)c2ccc(F)cc2)n1. The molecule has 0 bridgehead atoms. The number of carbonyl (C=O) groups excluding carboxylic acids is 1. The van der Waals surface area contributed by atoms with Gasteiger partial charge in [0.05, 0.1) is 12.2 Å². The summed E-state index contributed by atoms with van der Waals surface area (Å²) in [5.74, 6) is 1.84. The molecule has 2 heterocycles. The Balaban J connectivity index is 1.64. The van der Waals surface area contributed by atoms with Crippen molar-refractivity contribution in [1.82, 2.24) is 14.5 Å². The second-order valence-electron chi connectivity index (χ2n) is 8.30. The second kappa shape index (κ2) is 9.51. The van der Waals surface area contributed by atoms with E-state index in [9.17, 15) is 9.18 Å². The molecule has 4 rings (SSSR count). The van der Waals surface area contributed by atoms with Crippen LogP contribution in [0.4, 0.5) is 15.9 Å². The summed E-state index contributed by atoms with van der Waals surface area (Å²) in [6.07, 6.45) is 4.31. The zero-order valence-corrected chi connectivity index (χ0v) is 19.0. The smallest absolute Gasteiger partial charge is 0.278 e. The number of halogens is 1. The number of benzene rings is 1. The van der Waals surface area contributed by atoms with Gasteiger partial charge < -0.3 is 14.4 Å². The van der Waals surface area contributed by atoms with E-state index in [0.29, 0.717) is 17.3 Å². The number of aromatic nitrogens is 3. The number of pyridine rings is 1. The number of anilines is 2. The molecular weight excluding hydrogens is 405 g/mol. The number of hydrogen-bond donors (Lipinski definition) is 0. The summed E-state index contributed by atoms with van der Waals surface area (Å²) in [6, 6.07) is 11.8. The quantitative estimate of drug-likeness (QED) is 0.483. The molecule has 2 aromatic heterocycles. The average Bonchev–Trinajstić information content (AvgIpc) is 3.54. The van der Waals surface area contributed by atoms with E-state index in [2.05, 4.69) is 28.3 Å². The minimum Gasteiger partial charge on any atom is -0.357 e. The summed E-state index contributed by atoms with van der Waals surface area (Å²) in [5, 5.41) is 0. The Morgan fingerprint density at radius 1 is 1.09 bits per heavy atom. The number of aryl methyl sites for hydroxylation is 1. The van der Waals surface area contributed by atoms with Gasteiger partial charge in [-0.1, -0.05) is 6.07 Å². The van der Waals surface area contributed by atoms with Crippen LogP contribution >= 0.6 is 0 Å². The molecule has 1 aromatic carbocycles. The number of hydrogen-bond acceptors (Lipinski definition) is 4. The van der Waals surface area contributed by atoms with Crippen LogP contribution < -0.4 is 9.80 Å². The number of amides is 1. The van der Waals surface area contributed by atoms with E-state index in [-0.39, 0.29) is 18.3 Å². The van der Waals surface area contributed by atoms with E-state index < -0.39 is 0 Å². The maximum Gasteiger partial charge on any atom is 0.278 e. The Bertz CT molecular complexity index is 1070. The first-order chi connectivity index (χ1) is 15.5. The summed E-state index contributed by atoms with van der Waals surface area (Å²) in [5.41, 5.74) is 1.77. The fourth-order valence-corrected chi connectivity index (χ4v) is 3.86. The summed E-state index contributed by atoms with van der Waals surface area (Å²) >= 11 is 0. The zero-order valence-electron chi connectivity index (χ0n) is 19.0. The van der Waals surface area contributed by atoms with Crippen molar-refractivity contribution in [2.45, 2.75) is 46.7 Å². The maximum absolute atomic E-state index is 13.6. The van der Waals surface area contributed by atoms with E-state index in [1.54, 1.807) is 17.0 Å². The minimum absolute atomic E-state index is 0.218. The van der Waals surface area contributed by atoms with E-state index in [1.165, 1.54) is 25.0 Å². The fourth-order valence-electron chi connectivity index (χ4n) is 3.86. The van der Waals surface area contributed by atoms with Crippen molar-refractivity contribution in [1.29, 1.82) is 0 Å². The van der Waals surface area contributed by atoms with Crippen LogP contribution in [-0.4, -0.2) is 33.5 Å². The topological polar surface area (TPSA) is 54.3 Å². The van der Waals surface area contributed by atoms with Gasteiger partial charge in [-0.25, -0.2) is 14.4 Å². The molecule has 0 aliphatic heterocycles. The molecule has 0 N–H and O–H groups in total. The van der Waals surface area contributed by atoms with Gasteiger partial charge in [0.25, 0.3) is 5.91 Å². The molecule has 0 spiro atoms. The Hall–Kier alpha value is -3.22. The van der Waals surface area contributed by atoms with Gasteiger partial charge in [0.15, 0.2) is 0 Å². The van der Waals surface area contributed by atoms with Crippen LogP contribution in [0, 0.1) is 18.7 Å². The Morgan fingerprint density at radius 3 is 2.47 bits per heavy atom. The van der Waals surface area contributed by atoms with E-state index in [0.717, 1.165) is 37.0 Å². The van der Waals surface area contributed by atoms with Crippen molar-refractivity contribution in [2.24, 2.45) is 5.92 Å². The van der Waals surface area contributed by atoms with Crippen LogP contribution in [0.2, 0.25) is 0 Å². The van der Waals surface area contributed by atoms with Gasteiger partial charge in [0.2, 0.25) is 0 Å². The van der Waals surface area contributed by atoms with Crippen molar-refractivity contribution in [3.8, 4) is 0 Å². The van der Waals surface area contributed by atoms with Gasteiger partial charge in [-0.3, -0.25) is 4.79 Å². The maximum atomic E-state index is 13.6. The molecule has 1 aliphatic carbocycles. The van der Waals surface area contributed by atoms with Crippen molar-refractivity contribution < 1.29 is 9.18 Å². The van der Waals surface area contributed by atoms with E-state index in [1.807, 2.05) is 31.3 Å². The first-order valence-corrected chi connectivity index (χ1v) is 11.3. The lowest BCUT2D eigenvalue weighted by molar-refractivity contribution is 0.0980. The van der Waals surface area contributed by atoms with Crippen LogP contribution in [0.1, 0.15) is 48.7 Å². The highest BCUT2D eigenvalue weighted by Gasteiger charge is 2.26. The monoisotopic (exact) mass is 435 g/mol. The molecule has 7 heteroatoms.